The van der Waals surface area contributed by atoms with Crippen molar-refractivity contribution in [1.82, 2.24) is 4.90 Å². The maximum absolute atomic E-state index is 10.2. The average Bonchev–Trinajstić information content (AvgIpc) is 3.32. The summed E-state index contributed by atoms with van der Waals surface area (Å²) in [7, 11) is -2.60. The number of allylic oxidation sites excluding steroid dienone is 4. The van der Waals surface area contributed by atoms with Crippen LogP contribution in [0.3, 0.4) is 0 Å². The number of hydrogen-bond donors (Lipinski definition) is 3. The van der Waals surface area contributed by atoms with E-state index in [1.165, 1.54) is 225 Å². The highest BCUT2D eigenvalue weighted by Crippen LogP contribution is 2.13. The second kappa shape index (κ2) is 66.1. The van der Waals surface area contributed by atoms with Crippen molar-refractivity contribution in [2.24, 2.45) is 0 Å². The van der Waals surface area contributed by atoms with Gasteiger partial charge in [-0.1, -0.05) is 218 Å². The number of aliphatic hydroxyl groups is 2. The van der Waals surface area contributed by atoms with Gasteiger partial charge < -0.3 is 24.4 Å². The van der Waals surface area contributed by atoms with Crippen LogP contribution in [0, 0.1) is 0 Å². The molecule has 10 nitrogen and oxygen atoms in total. The molecule has 0 aliphatic rings. The molecule has 410 valence electrons. The smallest absolute Gasteiger partial charge is 0.395 e. The van der Waals surface area contributed by atoms with E-state index in [4.69, 9.17) is 29.0 Å². The molecule has 0 aromatic rings. The summed E-state index contributed by atoms with van der Waals surface area (Å²) in [6.45, 7) is 12.7. The Morgan fingerprint density at radius 3 is 0.971 bits per heavy atom. The molecule has 0 aliphatic carbocycles. The van der Waals surface area contributed by atoms with Crippen molar-refractivity contribution in [3.05, 3.63) is 24.3 Å². The molecule has 0 amide bonds. The zero-order valence-corrected chi connectivity index (χ0v) is 46.4. The van der Waals surface area contributed by atoms with Crippen molar-refractivity contribution in [3.63, 3.8) is 0 Å². The molecular formula is C57H117NO9S. The van der Waals surface area contributed by atoms with Crippen LogP contribution in [0.1, 0.15) is 265 Å². The first-order chi connectivity index (χ1) is 33.3. The van der Waals surface area contributed by atoms with Gasteiger partial charge in [-0.05, 0) is 70.6 Å². The number of nitrogens with zero attached hydrogens (tertiary/aromatic N) is 1. The highest BCUT2D eigenvalue weighted by Gasteiger charge is 2.04. The Hall–Kier alpha value is -0.890. The standard InChI is InChI=1S/C36H70O.C12H26O4S.C9H21NO4/c1-3-5-7-9-11-13-15-17-19-21-23-25-27-29-31-33-35-37-36-34-32-30-28-26-24-22-20-18-16-14-12-10-8-6-4-2;1-2-3-4-5-6-7-8-9-10-11-12-16-17(13,14)15;1-13-8-9-14-7-4-10(2-5-11)3-6-12/h17-20H,3-16,21-36H2,1-2H3;2-12H2,1H3,(H,13,14,15);11-12H,2-9H2,1H3/b19-17-,20-18-;;. The van der Waals surface area contributed by atoms with Crippen LogP contribution in [0.5, 0.6) is 0 Å². The van der Waals surface area contributed by atoms with Gasteiger partial charge in [0.1, 0.15) is 0 Å². The Labute approximate surface area is 423 Å². The quantitative estimate of drug-likeness (QED) is 0.0307. The molecule has 0 unspecified atom stereocenters. The monoisotopic (exact) mass is 992 g/mol. The van der Waals surface area contributed by atoms with Gasteiger partial charge in [0.2, 0.25) is 0 Å². The number of unbranched alkanes of at least 4 members (excludes halogenated alkanes) is 33. The van der Waals surface area contributed by atoms with Crippen molar-refractivity contribution in [2.75, 3.05) is 79.6 Å². The number of rotatable bonds is 54. The van der Waals surface area contributed by atoms with E-state index in [0.29, 0.717) is 39.3 Å². The molecule has 3 N–H and O–H groups in total. The minimum Gasteiger partial charge on any atom is -0.395 e. The third-order valence-corrected chi connectivity index (χ3v) is 12.6. The van der Waals surface area contributed by atoms with Gasteiger partial charge in [0.15, 0.2) is 0 Å². The third-order valence-electron chi connectivity index (χ3n) is 12.1. The third kappa shape index (κ3) is 74.1. The van der Waals surface area contributed by atoms with Gasteiger partial charge >= 0.3 is 10.4 Å². The summed E-state index contributed by atoms with van der Waals surface area (Å²) < 4.78 is 48.9. The van der Waals surface area contributed by atoms with Crippen molar-refractivity contribution < 1.29 is 41.6 Å². The van der Waals surface area contributed by atoms with Crippen LogP contribution >= 0.6 is 0 Å². The second-order valence-electron chi connectivity index (χ2n) is 18.8. The number of hydrogen-bond acceptors (Lipinski definition) is 9. The zero-order valence-electron chi connectivity index (χ0n) is 45.6. The predicted molar refractivity (Wildman–Crippen MR) is 292 cm³/mol. The summed E-state index contributed by atoms with van der Waals surface area (Å²) in [6, 6.07) is 0. The summed E-state index contributed by atoms with van der Waals surface area (Å²) in [6.07, 6.45) is 60.0. The lowest BCUT2D eigenvalue weighted by molar-refractivity contribution is 0.0512. The molecular weight excluding hydrogens is 875 g/mol. The lowest BCUT2D eigenvalue weighted by Gasteiger charge is -2.19. The van der Waals surface area contributed by atoms with E-state index in [1.54, 1.807) is 7.11 Å². The molecule has 0 atom stereocenters. The highest BCUT2D eigenvalue weighted by molar-refractivity contribution is 7.80. The molecule has 0 fully saturated rings. The topological polar surface area (TPSA) is 135 Å². The maximum Gasteiger partial charge on any atom is 0.397 e. The van der Waals surface area contributed by atoms with Crippen molar-refractivity contribution in [2.45, 2.75) is 265 Å². The van der Waals surface area contributed by atoms with Gasteiger partial charge in [0, 0.05) is 40.0 Å². The first-order valence-corrected chi connectivity index (χ1v) is 30.2. The van der Waals surface area contributed by atoms with Gasteiger partial charge in [0.25, 0.3) is 0 Å². The minimum absolute atomic E-state index is 0.0926. The predicted octanol–water partition coefficient (Wildman–Crippen LogP) is 15.7. The molecule has 68 heavy (non-hydrogen) atoms. The number of aliphatic hydroxyl groups excluding tert-OH is 2. The number of ether oxygens (including phenoxy) is 3. The molecule has 0 aliphatic heterocycles. The molecule has 0 heterocycles. The molecule has 0 spiro atoms. The van der Waals surface area contributed by atoms with Gasteiger partial charge in [-0.3, -0.25) is 9.45 Å². The largest absolute Gasteiger partial charge is 0.397 e. The van der Waals surface area contributed by atoms with Gasteiger partial charge in [-0.25, -0.2) is 4.18 Å². The Morgan fingerprint density at radius 1 is 0.368 bits per heavy atom. The van der Waals surface area contributed by atoms with Crippen LogP contribution in [0.25, 0.3) is 0 Å². The normalized spacial score (nSPS) is 11.8. The lowest BCUT2D eigenvalue weighted by atomic mass is 10.1. The summed E-state index contributed by atoms with van der Waals surface area (Å²) in [5.74, 6) is 0. The van der Waals surface area contributed by atoms with E-state index in [0.717, 1.165) is 32.6 Å². The van der Waals surface area contributed by atoms with Crippen molar-refractivity contribution in [1.29, 1.82) is 0 Å². The fourth-order valence-electron chi connectivity index (χ4n) is 7.82. The number of methoxy groups -OCH3 is 1. The molecule has 0 rings (SSSR count). The molecule has 0 saturated carbocycles. The van der Waals surface area contributed by atoms with E-state index >= 15 is 0 Å². The first kappa shape index (κ1) is 71.4. The Kier molecular flexibility index (Phi) is 69.4. The van der Waals surface area contributed by atoms with Crippen LogP contribution < -0.4 is 0 Å². The molecule has 0 aromatic heterocycles. The first-order valence-electron chi connectivity index (χ1n) is 28.8. The molecule has 0 saturated heterocycles. The van der Waals surface area contributed by atoms with Crippen molar-refractivity contribution >= 4 is 10.4 Å². The van der Waals surface area contributed by atoms with E-state index in [-0.39, 0.29) is 19.8 Å². The summed E-state index contributed by atoms with van der Waals surface area (Å²) in [5.41, 5.74) is 0. The Balaban J connectivity index is -0.00000112. The molecule has 0 bridgehead atoms. The summed E-state index contributed by atoms with van der Waals surface area (Å²) in [5, 5.41) is 17.4. The summed E-state index contributed by atoms with van der Waals surface area (Å²) >= 11 is 0. The van der Waals surface area contributed by atoms with Crippen molar-refractivity contribution in [3.8, 4) is 0 Å². The van der Waals surface area contributed by atoms with Crippen LogP contribution in [0.15, 0.2) is 24.3 Å². The van der Waals surface area contributed by atoms with Crippen LogP contribution in [0.2, 0.25) is 0 Å². The van der Waals surface area contributed by atoms with Crippen LogP contribution in [0.4, 0.5) is 0 Å². The van der Waals surface area contributed by atoms with Gasteiger partial charge in [-0.2, -0.15) is 8.42 Å². The average molecular weight is 993 g/mol. The van der Waals surface area contributed by atoms with Crippen LogP contribution in [-0.2, 0) is 28.8 Å². The Bertz CT molecular complexity index is 1000. The van der Waals surface area contributed by atoms with E-state index in [1.807, 2.05) is 4.90 Å². The van der Waals surface area contributed by atoms with Crippen LogP contribution in [-0.4, -0.2) is 108 Å². The Morgan fingerprint density at radius 2 is 0.662 bits per heavy atom. The lowest BCUT2D eigenvalue weighted by Crippen LogP contribution is -2.33. The fraction of sp³-hybridized carbons (Fsp3) is 0.930. The van der Waals surface area contributed by atoms with E-state index in [2.05, 4.69) is 49.3 Å². The van der Waals surface area contributed by atoms with Gasteiger partial charge in [-0.15, -0.1) is 0 Å². The van der Waals surface area contributed by atoms with E-state index in [9.17, 15) is 8.42 Å². The maximum atomic E-state index is 10.2. The fourth-order valence-corrected chi connectivity index (χ4v) is 8.14. The zero-order chi connectivity index (χ0) is 50.4. The van der Waals surface area contributed by atoms with E-state index < -0.39 is 10.4 Å². The SMILES string of the molecule is CCCCCCCC/C=C\CCCCCCCCOCCCCCCCC/C=C\CCCCCCCC.CCCCCCCCCCCCOS(=O)(=O)O.COCCOCCN(CCO)CCO. The van der Waals surface area contributed by atoms with Gasteiger partial charge in [0.05, 0.1) is 39.6 Å². The molecule has 0 aromatic carbocycles. The highest BCUT2D eigenvalue weighted by atomic mass is 32.3. The molecule has 11 heteroatoms. The summed E-state index contributed by atoms with van der Waals surface area (Å²) in [4.78, 5) is 1.95. The second-order valence-corrected chi connectivity index (χ2v) is 19.9. The minimum atomic E-state index is -4.23. The molecule has 0 radical (unpaired) electrons.